The average Bonchev–Trinajstić information content (AvgIpc) is 2.77. The van der Waals surface area contributed by atoms with Crippen molar-refractivity contribution in [2.24, 2.45) is 5.73 Å². The van der Waals surface area contributed by atoms with Crippen molar-refractivity contribution in [3.63, 3.8) is 0 Å². The second kappa shape index (κ2) is 5.68. The molecule has 1 atom stereocenters. The van der Waals surface area contributed by atoms with Gasteiger partial charge in [-0.1, -0.05) is 6.07 Å². The molecule has 118 valence electrons. The number of hydrogen-bond donors (Lipinski definition) is 1. The van der Waals surface area contributed by atoms with Gasteiger partial charge in [0.2, 0.25) is 10.0 Å². The maximum Gasteiger partial charge on any atom is 0.243 e. The summed E-state index contributed by atoms with van der Waals surface area (Å²) >= 11 is 0. The Morgan fingerprint density at radius 2 is 2.05 bits per heavy atom. The van der Waals surface area contributed by atoms with E-state index in [9.17, 15) is 16.8 Å². The molecule has 1 saturated heterocycles. The third-order valence-electron chi connectivity index (χ3n) is 3.93. The van der Waals surface area contributed by atoms with Crippen LogP contribution in [-0.4, -0.2) is 45.7 Å². The van der Waals surface area contributed by atoms with Crippen LogP contribution in [0.25, 0.3) is 0 Å². The largest absolute Gasteiger partial charge is 0.326 e. The molecule has 0 aliphatic carbocycles. The van der Waals surface area contributed by atoms with Crippen LogP contribution in [0.4, 0.5) is 0 Å². The molecule has 0 bridgehead atoms. The average molecular weight is 332 g/mol. The first-order valence-corrected chi connectivity index (χ1v) is 9.91. The summed E-state index contributed by atoms with van der Waals surface area (Å²) in [6.07, 6.45) is 0.345. The van der Waals surface area contributed by atoms with Crippen LogP contribution in [0, 0.1) is 6.92 Å². The lowest BCUT2D eigenvalue weighted by atomic mass is 10.1. The monoisotopic (exact) mass is 332 g/mol. The van der Waals surface area contributed by atoms with E-state index in [1.54, 1.807) is 19.1 Å². The van der Waals surface area contributed by atoms with Gasteiger partial charge in [-0.3, -0.25) is 0 Å². The topological polar surface area (TPSA) is 97.5 Å². The van der Waals surface area contributed by atoms with Crippen molar-refractivity contribution < 1.29 is 16.8 Å². The predicted molar refractivity (Wildman–Crippen MR) is 81.1 cm³/mol. The zero-order valence-corrected chi connectivity index (χ0v) is 13.7. The van der Waals surface area contributed by atoms with E-state index in [2.05, 4.69) is 0 Å². The van der Waals surface area contributed by atoms with Crippen molar-refractivity contribution in [2.75, 3.05) is 18.6 Å². The summed E-state index contributed by atoms with van der Waals surface area (Å²) in [6.45, 7) is 2.16. The summed E-state index contributed by atoms with van der Waals surface area (Å²) in [5.74, 6) is -0.0642. The lowest BCUT2D eigenvalue weighted by molar-refractivity contribution is 0.394. The number of benzene rings is 1. The van der Waals surface area contributed by atoms with Gasteiger partial charge in [0.05, 0.1) is 16.4 Å². The molecule has 6 nitrogen and oxygen atoms in total. The molecule has 0 amide bonds. The molecule has 8 heteroatoms. The summed E-state index contributed by atoms with van der Waals surface area (Å²) in [4.78, 5) is 0.170. The van der Waals surface area contributed by atoms with Gasteiger partial charge >= 0.3 is 0 Å². The molecule has 2 rings (SSSR count). The van der Waals surface area contributed by atoms with E-state index in [0.717, 1.165) is 11.1 Å². The van der Waals surface area contributed by atoms with Crippen LogP contribution in [0.1, 0.15) is 17.5 Å². The summed E-state index contributed by atoms with van der Waals surface area (Å²) in [7, 11) is -5.38. The lowest BCUT2D eigenvalue weighted by Gasteiger charge is -2.23. The minimum absolute atomic E-state index is 0.0443. The van der Waals surface area contributed by atoms with Gasteiger partial charge in [-0.15, -0.1) is 0 Å². The SMILES string of the molecule is Cc1cc(S(=O)(=O)N(C)C2CCS(=O)(=O)C2)ccc1CN. The zero-order chi connectivity index (χ0) is 15.8. The molecule has 1 unspecified atom stereocenters. The van der Waals surface area contributed by atoms with E-state index in [4.69, 9.17) is 5.73 Å². The number of rotatable bonds is 4. The molecule has 0 aromatic heterocycles. The molecule has 1 aliphatic rings. The Kier molecular flexibility index (Phi) is 4.44. The van der Waals surface area contributed by atoms with Gasteiger partial charge in [0.25, 0.3) is 0 Å². The summed E-state index contributed by atoms with van der Waals surface area (Å²) in [5, 5.41) is 0. The third kappa shape index (κ3) is 3.28. The molecule has 1 aliphatic heterocycles. The van der Waals surface area contributed by atoms with Crippen molar-refractivity contribution in [1.29, 1.82) is 0 Å². The van der Waals surface area contributed by atoms with Crippen molar-refractivity contribution in [3.8, 4) is 0 Å². The summed E-state index contributed by atoms with van der Waals surface area (Å²) in [5.41, 5.74) is 7.27. The first kappa shape index (κ1) is 16.4. The third-order valence-corrected chi connectivity index (χ3v) is 7.59. The highest BCUT2D eigenvalue weighted by atomic mass is 32.2. The molecule has 1 heterocycles. The minimum atomic E-state index is -3.69. The Labute approximate surface area is 125 Å². The number of sulfone groups is 1. The highest BCUT2D eigenvalue weighted by Crippen LogP contribution is 2.24. The van der Waals surface area contributed by atoms with Crippen molar-refractivity contribution in [2.45, 2.75) is 30.8 Å². The fourth-order valence-corrected chi connectivity index (χ4v) is 5.82. The van der Waals surface area contributed by atoms with Crippen LogP contribution < -0.4 is 5.73 Å². The van der Waals surface area contributed by atoms with Gasteiger partial charge in [0, 0.05) is 19.6 Å². The predicted octanol–water partition coefficient (Wildman–Crippen LogP) is 0.261. The number of hydrogen-bond acceptors (Lipinski definition) is 5. The van der Waals surface area contributed by atoms with E-state index in [1.165, 1.54) is 17.4 Å². The second-order valence-electron chi connectivity index (χ2n) is 5.37. The minimum Gasteiger partial charge on any atom is -0.326 e. The summed E-state index contributed by atoms with van der Waals surface area (Å²) in [6, 6.07) is 4.30. The Balaban J connectivity index is 2.31. The molecule has 21 heavy (non-hydrogen) atoms. The van der Waals surface area contributed by atoms with E-state index in [1.807, 2.05) is 0 Å². The van der Waals surface area contributed by atoms with Gasteiger partial charge in [0.15, 0.2) is 9.84 Å². The van der Waals surface area contributed by atoms with Gasteiger partial charge < -0.3 is 5.73 Å². The summed E-state index contributed by atoms with van der Waals surface area (Å²) < 4.78 is 49.4. The Hall–Kier alpha value is -0.960. The molecule has 0 radical (unpaired) electrons. The number of sulfonamides is 1. The van der Waals surface area contributed by atoms with E-state index in [-0.39, 0.29) is 16.4 Å². The van der Waals surface area contributed by atoms with Crippen LogP contribution in [0.5, 0.6) is 0 Å². The quantitative estimate of drug-likeness (QED) is 0.853. The maximum absolute atomic E-state index is 12.6. The molecule has 0 saturated carbocycles. The standard InChI is InChI=1S/C13H20N2O4S2/c1-10-7-13(4-3-11(10)8-14)21(18,19)15(2)12-5-6-20(16,17)9-12/h3-4,7,12H,5-6,8-9,14H2,1-2H3. The number of nitrogens with zero attached hydrogens (tertiary/aromatic N) is 1. The molecule has 0 spiro atoms. The molecule has 1 aromatic rings. The first-order chi connectivity index (χ1) is 9.67. The van der Waals surface area contributed by atoms with Crippen LogP contribution in [0.15, 0.2) is 23.1 Å². The lowest BCUT2D eigenvalue weighted by Crippen LogP contribution is -2.37. The zero-order valence-electron chi connectivity index (χ0n) is 12.1. The van der Waals surface area contributed by atoms with Gasteiger partial charge in [-0.25, -0.2) is 16.8 Å². The highest BCUT2D eigenvalue weighted by molar-refractivity contribution is 7.92. The maximum atomic E-state index is 12.6. The Morgan fingerprint density at radius 1 is 1.38 bits per heavy atom. The van der Waals surface area contributed by atoms with E-state index < -0.39 is 25.9 Å². The molecular weight excluding hydrogens is 312 g/mol. The Bertz CT molecular complexity index is 741. The van der Waals surface area contributed by atoms with Crippen LogP contribution in [-0.2, 0) is 26.4 Å². The molecular formula is C13H20N2O4S2. The highest BCUT2D eigenvalue weighted by Gasteiger charge is 2.36. The molecule has 1 fully saturated rings. The number of nitrogens with two attached hydrogens (primary N) is 1. The fraction of sp³-hybridized carbons (Fsp3) is 0.538. The molecule has 1 aromatic carbocycles. The van der Waals surface area contributed by atoms with Crippen LogP contribution in [0.3, 0.4) is 0 Å². The van der Waals surface area contributed by atoms with Crippen molar-refractivity contribution >= 4 is 19.9 Å². The smallest absolute Gasteiger partial charge is 0.243 e. The van der Waals surface area contributed by atoms with E-state index >= 15 is 0 Å². The van der Waals surface area contributed by atoms with Gasteiger partial charge in [-0.2, -0.15) is 4.31 Å². The van der Waals surface area contributed by atoms with Gasteiger partial charge in [0.1, 0.15) is 0 Å². The van der Waals surface area contributed by atoms with Gasteiger partial charge in [-0.05, 0) is 36.6 Å². The molecule has 2 N–H and O–H groups in total. The normalized spacial score (nSPS) is 21.8. The van der Waals surface area contributed by atoms with E-state index in [0.29, 0.717) is 13.0 Å². The first-order valence-electron chi connectivity index (χ1n) is 6.65. The van der Waals surface area contributed by atoms with Crippen LogP contribution in [0.2, 0.25) is 0 Å². The van der Waals surface area contributed by atoms with Crippen LogP contribution >= 0.6 is 0 Å². The van der Waals surface area contributed by atoms with Crippen molar-refractivity contribution in [3.05, 3.63) is 29.3 Å². The van der Waals surface area contributed by atoms with Crippen molar-refractivity contribution in [1.82, 2.24) is 4.31 Å². The fourth-order valence-electron chi connectivity index (χ4n) is 2.48. The second-order valence-corrected chi connectivity index (χ2v) is 9.60. The Morgan fingerprint density at radius 3 is 2.52 bits per heavy atom. The number of aryl methyl sites for hydroxylation is 1.